The molecule has 0 atom stereocenters. The van der Waals surface area contributed by atoms with Gasteiger partial charge in [0.05, 0.1) is 24.3 Å². The third kappa shape index (κ3) is 2.95. The smallest absolute Gasteiger partial charge is 0.335 e. The fraction of sp³-hybridized carbons (Fsp3) is 0.158. The summed E-state index contributed by atoms with van der Waals surface area (Å²) in [6, 6.07) is 7.75. The molecular weight excluding hydrogens is 340 g/mol. The van der Waals surface area contributed by atoms with E-state index < -0.39 is 5.97 Å². The number of ether oxygens (including phenoxy) is 2. The number of hydrogen-bond acceptors (Lipinski definition) is 6. The summed E-state index contributed by atoms with van der Waals surface area (Å²) in [6.07, 6.45) is 1.41. The van der Waals surface area contributed by atoms with Gasteiger partial charge in [0.25, 0.3) is 0 Å². The van der Waals surface area contributed by atoms with Crippen LogP contribution in [-0.2, 0) is 6.61 Å². The van der Waals surface area contributed by atoms with Crippen molar-refractivity contribution in [1.29, 1.82) is 0 Å². The molecule has 0 aliphatic carbocycles. The van der Waals surface area contributed by atoms with Crippen LogP contribution in [0, 0.1) is 0 Å². The van der Waals surface area contributed by atoms with E-state index in [1.807, 2.05) is 0 Å². The highest BCUT2D eigenvalue weighted by Crippen LogP contribution is 2.46. The van der Waals surface area contributed by atoms with Crippen LogP contribution in [0.2, 0.25) is 0 Å². The predicted octanol–water partition coefficient (Wildman–Crippen LogP) is 3.63. The van der Waals surface area contributed by atoms with Gasteiger partial charge in [-0.2, -0.15) is 0 Å². The SMILES string of the molecule is COc1c(C(C)=O)c(O)c(OCc2ccc(C(=O)O)cc2)c2occc12. The molecule has 0 saturated heterocycles. The summed E-state index contributed by atoms with van der Waals surface area (Å²) in [4.78, 5) is 22.9. The fourth-order valence-corrected chi connectivity index (χ4v) is 2.70. The lowest BCUT2D eigenvalue weighted by Crippen LogP contribution is -2.03. The Morgan fingerprint density at radius 1 is 1.12 bits per heavy atom. The zero-order valence-electron chi connectivity index (χ0n) is 14.1. The van der Waals surface area contributed by atoms with Gasteiger partial charge >= 0.3 is 5.97 Å². The number of carbonyl (C=O) groups excluding carboxylic acids is 1. The Morgan fingerprint density at radius 3 is 2.38 bits per heavy atom. The minimum Gasteiger partial charge on any atom is -0.504 e. The van der Waals surface area contributed by atoms with Crippen molar-refractivity contribution >= 4 is 22.7 Å². The first kappa shape index (κ1) is 17.3. The summed E-state index contributed by atoms with van der Waals surface area (Å²) in [5.74, 6) is -1.51. The highest BCUT2D eigenvalue weighted by molar-refractivity contribution is 6.08. The molecule has 0 aliphatic heterocycles. The van der Waals surface area contributed by atoms with Gasteiger partial charge in [-0.1, -0.05) is 12.1 Å². The molecular formula is C19H16O7. The molecule has 0 saturated carbocycles. The van der Waals surface area contributed by atoms with Gasteiger partial charge in [0.15, 0.2) is 17.1 Å². The van der Waals surface area contributed by atoms with E-state index in [2.05, 4.69) is 0 Å². The number of aromatic hydroxyl groups is 1. The minimum absolute atomic E-state index is 0.0117. The third-order valence-corrected chi connectivity index (χ3v) is 3.94. The molecule has 0 radical (unpaired) electrons. The molecule has 2 N–H and O–H groups in total. The number of hydrogen-bond donors (Lipinski definition) is 2. The summed E-state index contributed by atoms with van der Waals surface area (Å²) in [6.45, 7) is 1.37. The first-order valence-electron chi connectivity index (χ1n) is 7.70. The zero-order chi connectivity index (χ0) is 18.8. The van der Waals surface area contributed by atoms with Gasteiger partial charge in [-0.25, -0.2) is 4.79 Å². The number of methoxy groups -OCH3 is 1. The third-order valence-electron chi connectivity index (χ3n) is 3.94. The van der Waals surface area contributed by atoms with Crippen LogP contribution in [-0.4, -0.2) is 29.1 Å². The molecule has 134 valence electrons. The molecule has 0 fully saturated rings. The van der Waals surface area contributed by atoms with E-state index in [4.69, 9.17) is 19.0 Å². The first-order chi connectivity index (χ1) is 12.4. The Kier molecular flexibility index (Phi) is 4.53. The van der Waals surface area contributed by atoms with Gasteiger partial charge in [0.1, 0.15) is 17.9 Å². The van der Waals surface area contributed by atoms with Crippen molar-refractivity contribution in [3.63, 3.8) is 0 Å². The van der Waals surface area contributed by atoms with Crippen LogP contribution in [0.5, 0.6) is 17.2 Å². The van der Waals surface area contributed by atoms with Crippen molar-refractivity contribution in [1.82, 2.24) is 0 Å². The average Bonchev–Trinajstić information content (AvgIpc) is 3.09. The Hall–Kier alpha value is -3.48. The zero-order valence-corrected chi connectivity index (χ0v) is 14.1. The molecule has 0 aliphatic rings. The van der Waals surface area contributed by atoms with Crippen molar-refractivity contribution in [2.45, 2.75) is 13.5 Å². The average molecular weight is 356 g/mol. The summed E-state index contributed by atoms with van der Waals surface area (Å²) in [5.41, 5.74) is 1.12. The van der Waals surface area contributed by atoms with Gasteiger partial charge in [0.2, 0.25) is 5.75 Å². The molecule has 2 aromatic carbocycles. The van der Waals surface area contributed by atoms with E-state index in [9.17, 15) is 14.7 Å². The lowest BCUT2D eigenvalue weighted by molar-refractivity contribution is 0.0696. The highest BCUT2D eigenvalue weighted by atomic mass is 16.5. The predicted molar refractivity (Wildman–Crippen MR) is 92.2 cm³/mol. The van der Waals surface area contributed by atoms with Gasteiger partial charge in [-0.05, 0) is 30.7 Å². The van der Waals surface area contributed by atoms with Crippen LogP contribution in [0.15, 0.2) is 41.0 Å². The molecule has 3 aromatic rings. The van der Waals surface area contributed by atoms with E-state index >= 15 is 0 Å². The molecule has 26 heavy (non-hydrogen) atoms. The largest absolute Gasteiger partial charge is 0.504 e. The van der Waals surface area contributed by atoms with Crippen molar-refractivity contribution < 1.29 is 33.7 Å². The van der Waals surface area contributed by atoms with Crippen LogP contribution in [0.25, 0.3) is 11.0 Å². The first-order valence-corrected chi connectivity index (χ1v) is 7.70. The Morgan fingerprint density at radius 2 is 1.81 bits per heavy atom. The standard InChI is InChI=1S/C19H16O7/c1-10(20)14-15(21)18(17-13(7-8-25-17)16(14)24-2)26-9-11-3-5-12(6-4-11)19(22)23/h3-8,21H,9H2,1-2H3,(H,22,23). The van der Waals surface area contributed by atoms with E-state index in [1.165, 1.54) is 32.4 Å². The van der Waals surface area contributed by atoms with Crippen LogP contribution in [0.1, 0.15) is 33.2 Å². The number of benzene rings is 2. The topological polar surface area (TPSA) is 106 Å². The van der Waals surface area contributed by atoms with Crippen LogP contribution in [0.3, 0.4) is 0 Å². The Labute approximate surface area is 148 Å². The number of rotatable bonds is 6. The second kappa shape index (κ2) is 6.79. The van der Waals surface area contributed by atoms with Crippen molar-refractivity contribution in [3.05, 3.63) is 53.3 Å². The number of phenolic OH excluding ortho intramolecular Hbond substituents is 1. The number of fused-ring (bicyclic) bond motifs is 1. The monoisotopic (exact) mass is 356 g/mol. The number of carboxylic acid groups (broad SMARTS) is 1. The van der Waals surface area contributed by atoms with Gasteiger partial charge in [-0.3, -0.25) is 4.79 Å². The van der Waals surface area contributed by atoms with Crippen molar-refractivity contribution in [3.8, 4) is 17.2 Å². The normalized spacial score (nSPS) is 10.7. The van der Waals surface area contributed by atoms with E-state index in [-0.39, 0.29) is 46.3 Å². The quantitative estimate of drug-likeness (QED) is 0.650. The lowest BCUT2D eigenvalue weighted by Gasteiger charge is -2.14. The summed E-state index contributed by atoms with van der Waals surface area (Å²) in [7, 11) is 1.40. The molecule has 3 rings (SSSR count). The molecule has 0 unspecified atom stereocenters. The van der Waals surface area contributed by atoms with E-state index in [1.54, 1.807) is 18.2 Å². The lowest BCUT2D eigenvalue weighted by atomic mass is 10.0. The second-order valence-corrected chi connectivity index (χ2v) is 5.60. The Balaban J connectivity index is 1.99. The molecule has 1 heterocycles. The summed E-state index contributed by atoms with van der Waals surface area (Å²) in [5, 5.41) is 20.0. The molecule has 7 nitrogen and oxygen atoms in total. The molecule has 0 bridgehead atoms. The maximum Gasteiger partial charge on any atom is 0.335 e. The highest BCUT2D eigenvalue weighted by Gasteiger charge is 2.25. The van der Waals surface area contributed by atoms with E-state index in [0.717, 1.165) is 0 Å². The molecule has 7 heteroatoms. The van der Waals surface area contributed by atoms with Crippen LogP contribution < -0.4 is 9.47 Å². The Bertz CT molecular complexity index is 983. The minimum atomic E-state index is -1.02. The van der Waals surface area contributed by atoms with E-state index in [0.29, 0.717) is 10.9 Å². The molecule has 0 amide bonds. The van der Waals surface area contributed by atoms with Crippen molar-refractivity contribution in [2.24, 2.45) is 0 Å². The maximum atomic E-state index is 12.0. The molecule has 0 spiro atoms. The fourth-order valence-electron chi connectivity index (χ4n) is 2.70. The van der Waals surface area contributed by atoms with Crippen LogP contribution in [0.4, 0.5) is 0 Å². The van der Waals surface area contributed by atoms with Gasteiger partial charge < -0.3 is 24.1 Å². The maximum absolute atomic E-state index is 12.0. The number of carbonyl (C=O) groups is 2. The number of Topliss-reactive ketones (excluding diaryl/α,β-unsaturated/α-hetero) is 1. The number of phenols is 1. The van der Waals surface area contributed by atoms with Gasteiger partial charge in [-0.15, -0.1) is 0 Å². The van der Waals surface area contributed by atoms with Crippen LogP contribution >= 0.6 is 0 Å². The summed E-state index contributed by atoms with van der Waals surface area (Å²) >= 11 is 0. The number of ketones is 1. The second-order valence-electron chi connectivity index (χ2n) is 5.60. The number of carboxylic acids is 1. The number of aromatic carboxylic acids is 1. The summed E-state index contributed by atoms with van der Waals surface area (Å²) < 4.78 is 16.3. The molecule has 1 aromatic heterocycles. The number of furan rings is 1. The van der Waals surface area contributed by atoms with Gasteiger partial charge in [0, 0.05) is 0 Å². The van der Waals surface area contributed by atoms with Crippen molar-refractivity contribution in [2.75, 3.05) is 7.11 Å².